The number of aromatic nitrogens is 2. The largest absolute Gasteiger partial charge is 0.331 e. The molecule has 0 spiro atoms. The van der Waals surface area contributed by atoms with E-state index in [1.54, 1.807) is 0 Å². The third kappa shape index (κ3) is 1.69. The first kappa shape index (κ1) is 10.7. The van der Waals surface area contributed by atoms with Crippen molar-refractivity contribution in [1.29, 1.82) is 0 Å². The lowest BCUT2D eigenvalue weighted by molar-refractivity contribution is 0.446. The lowest BCUT2D eigenvalue weighted by Gasteiger charge is -2.20. The lowest BCUT2D eigenvalue weighted by atomic mass is 9.91. The van der Waals surface area contributed by atoms with Crippen molar-refractivity contribution in [2.75, 3.05) is 0 Å². The van der Waals surface area contributed by atoms with Gasteiger partial charge in [0.25, 0.3) is 0 Å². The van der Waals surface area contributed by atoms with E-state index in [1.807, 2.05) is 0 Å². The second-order valence-corrected chi connectivity index (χ2v) is 5.55. The van der Waals surface area contributed by atoms with Crippen LogP contribution < -0.4 is 5.73 Å². The SMILES string of the molecule is Cc1c(C(C)(C)C)nc2n1CCCC2N. The summed E-state index contributed by atoms with van der Waals surface area (Å²) >= 11 is 0. The van der Waals surface area contributed by atoms with Crippen LogP contribution in [0.4, 0.5) is 0 Å². The highest BCUT2D eigenvalue weighted by molar-refractivity contribution is 5.25. The molecule has 84 valence electrons. The molecule has 0 amide bonds. The summed E-state index contributed by atoms with van der Waals surface area (Å²) in [5.41, 5.74) is 8.71. The van der Waals surface area contributed by atoms with Crippen LogP contribution in [0.15, 0.2) is 0 Å². The summed E-state index contributed by atoms with van der Waals surface area (Å²) in [7, 11) is 0. The molecule has 1 unspecified atom stereocenters. The summed E-state index contributed by atoms with van der Waals surface area (Å²) in [4.78, 5) is 4.74. The van der Waals surface area contributed by atoms with E-state index in [2.05, 4.69) is 32.3 Å². The van der Waals surface area contributed by atoms with E-state index in [9.17, 15) is 0 Å². The highest BCUT2D eigenvalue weighted by atomic mass is 15.1. The number of imidazole rings is 1. The first-order chi connectivity index (χ1) is 6.91. The van der Waals surface area contributed by atoms with Gasteiger partial charge in [0.05, 0.1) is 11.7 Å². The summed E-state index contributed by atoms with van der Waals surface area (Å²) in [5.74, 6) is 1.09. The Balaban J connectivity index is 2.53. The van der Waals surface area contributed by atoms with Crippen LogP contribution in [0.25, 0.3) is 0 Å². The van der Waals surface area contributed by atoms with Crippen molar-refractivity contribution >= 4 is 0 Å². The van der Waals surface area contributed by atoms with E-state index in [1.165, 1.54) is 17.8 Å². The van der Waals surface area contributed by atoms with Crippen LogP contribution >= 0.6 is 0 Å². The third-order valence-electron chi connectivity index (χ3n) is 3.19. The average molecular weight is 207 g/mol. The summed E-state index contributed by atoms with van der Waals surface area (Å²) < 4.78 is 2.30. The van der Waals surface area contributed by atoms with Crippen LogP contribution in [0.1, 0.15) is 56.9 Å². The van der Waals surface area contributed by atoms with Crippen LogP contribution in [0.3, 0.4) is 0 Å². The molecule has 1 atom stereocenters. The molecule has 0 fully saturated rings. The molecule has 1 aliphatic heterocycles. The van der Waals surface area contributed by atoms with E-state index in [-0.39, 0.29) is 11.5 Å². The Morgan fingerprint density at radius 3 is 2.60 bits per heavy atom. The van der Waals surface area contributed by atoms with Crippen molar-refractivity contribution in [2.24, 2.45) is 5.73 Å². The van der Waals surface area contributed by atoms with E-state index in [4.69, 9.17) is 10.7 Å². The smallest absolute Gasteiger partial charge is 0.126 e. The van der Waals surface area contributed by atoms with Crippen LogP contribution in [-0.2, 0) is 12.0 Å². The van der Waals surface area contributed by atoms with Gasteiger partial charge in [-0.1, -0.05) is 20.8 Å². The van der Waals surface area contributed by atoms with Crippen LogP contribution in [-0.4, -0.2) is 9.55 Å². The van der Waals surface area contributed by atoms with Crippen molar-refractivity contribution in [3.05, 3.63) is 17.2 Å². The zero-order valence-electron chi connectivity index (χ0n) is 10.2. The van der Waals surface area contributed by atoms with Gasteiger partial charge in [-0.2, -0.15) is 0 Å². The van der Waals surface area contributed by atoms with E-state index in [0.29, 0.717) is 0 Å². The van der Waals surface area contributed by atoms with Crippen molar-refractivity contribution < 1.29 is 0 Å². The molecule has 2 heterocycles. The molecule has 15 heavy (non-hydrogen) atoms. The Bertz CT molecular complexity index is 371. The monoisotopic (exact) mass is 207 g/mol. The topological polar surface area (TPSA) is 43.8 Å². The molecule has 0 saturated heterocycles. The molecule has 2 rings (SSSR count). The molecule has 0 saturated carbocycles. The van der Waals surface area contributed by atoms with Crippen molar-refractivity contribution in [1.82, 2.24) is 9.55 Å². The molecule has 1 aromatic rings. The maximum absolute atomic E-state index is 6.09. The average Bonchev–Trinajstić information content (AvgIpc) is 2.45. The predicted molar refractivity (Wildman–Crippen MR) is 61.8 cm³/mol. The predicted octanol–water partition coefficient (Wildman–Crippen LogP) is 2.28. The number of hydrogen-bond acceptors (Lipinski definition) is 2. The van der Waals surface area contributed by atoms with Gasteiger partial charge in [-0.25, -0.2) is 4.98 Å². The number of nitrogens with zero attached hydrogens (tertiary/aromatic N) is 2. The minimum absolute atomic E-state index is 0.119. The van der Waals surface area contributed by atoms with Crippen molar-refractivity contribution in [3.63, 3.8) is 0 Å². The van der Waals surface area contributed by atoms with Crippen molar-refractivity contribution in [3.8, 4) is 0 Å². The molecular weight excluding hydrogens is 186 g/mol. The molecule has 0 aliphatic carbocycles. The van der Waals surface area contributed by atoms with Crippen LogP contribution in [0.2, 0.25) is 0 Å². The van der Waals surface area contributed by atoms with Gasteiger partial charge in [-0.3, -0.25) is 0 Å². The highest BCUT2D eigenvalue weighted by Gasteiger charge is 2.27. The van der Waals surface area contributed by atoms with Gasteiger partial charge in [0.1, 0.15) is 5.82 Å². The lowest BCUT2D eigenvalue weighted by Crippen LogP contribution is -2.22. The Labute approximate surface area is 91.7 Å². The van der Waals surface area contributed by atoms with Crippen LogP contribution in [0, 0.1) is 6.92 Å². The minimum atomic E-state index is 0.119. The summed E-state index contributed by atoms with van der Waals surface area (Å²) in [6.07, 6.45) is 2.25. The summed E-state index contributed by atoms with van der Waals surface area (Å²) in [6, 6.07) is 0.133. The Morgan fingerprint density at radius 1 is 1.40 bits per heavy atom. The molecule has 3 heteroatoms. The molecule has 3 nitrogen and oxygen atoms in total. The van der Waals surface area contributed by atoms with E-state index >= 15 is 0 Å². The van der Waals surface area contributed by atoms with Crippen molar-refractivity contribution in [2.45, 2.75) is 58.5 Å². The molecular formula is C12H21N3. The fourth-order valence-electron chi connectivity index (χ4n) is 2.43. The first-order valence-electron chi connectivity index (χ1n) is 5.74. The molecule has 2 N–H and O–H groups in total. The van der Waals surface area contributed by atoms with E-state index in [0.717, 1.165) is 18.8 Å². The second-order valence-electron chi connectivity index (χ2n) is 5.55. The summed E-state index contributed by atoms with van der Waals surface area (Å²) in [5, 5.41) is 0. The Hall–Kier alpha value is -0.830. The Morgan fingerprint density at radius 2 is 2.07 bits per heavy atom. The van der Waals surface area contributed by atoms with Gasteiger partial charge in [-0.05, 0) is 19.8 Å². The Kier molecular flexibility index (Phi) is 2.38. The third-order valence-corrected chi connectivity index (χ3v) is 3.19. The van der Waals surface area contributed by atoms with Gasteiger partial charge < -0.3 is 10.3 Å². The van der Waals surface area contributed by atoms with Gasteiger partial charge >= 0.3 is 0 Å². The van der Waals surface area contributed by atoms with E-state index < -0.39 is 0 Å². The normalized spacial score (nSPS) is 21.5. The number of fused-ring (bicyclic) bond motifs is 1. The molecule has 0 radical (unpaired) electrons. The zero-order valence-corrected chi connectivity index (χ0v) is 10.2. The quantitative estimate of drug-likeness (QED) is 0.709. The zero-order chi connectivity index (χ0) is 11.2. The van der Waals surface area contributed by atoms with Gasteiger partial charge in [0.15, 0.2) is 0 Å². The van der Waals surface area contributed by atoms with Crippen LogP contribution in [0.5, 0.6) is 0 Å². The number of rotatable bonds is 0. The highest BCUT2D eigenvalue weighted by Crippen LogP contribution is 2.30. The number of hydrogen-bond donors (Lipinski definition) is 1. The summed E-state index contributed by atoms with van der Waals surface area (Å²) in [6.45, 7) is 9.87. The molecule has 1 aliphatic rings. The fraction of sp³-hybridized carbons (Fsp3) is 0.750. The second kappa shape index (κ2) is 3.34. The number of nitrogens with two attached hydrogens (primary N) is 1. The molecule has 0 bridgehead atoms. The fourth-order valence-corrected chi connectivity index (χ4v) is 2.43. The maximum atomic E-state index is 6.09. The van der Waals surface area contributed by atoms with Gasteiger partial charge in [0.2, 0.25) is 0 Å². The van der Waals surface area contributed by atoms with Gasteiger partial charge in [0, 0.05) is 17.7 Å². The maximum Gasteiger partial charge on any atom is 0.126 e. The molecule has 1 aromatic heterocycles. The first-order valence-corrected chi connectivity index (χ1v) is 5.74. The molecule has 0 aromatic carbocycles. The minimum Gasteiger partial charge on any atom is -0.331 e. The van der Waals surface area contributed by atoms with Gasteiger partial charge in [-0.15, -0.1) is 0 Å². The standard InChI is InChI=1S/C12H21N3/c1-8-10(12(2,3)4)14-11-9(13)6-5-7-15(8)11/h9H,5-7,13H2,1-4H3.